The van der Waals surface area contributed by atoms with Gasteiger partial charge >= 0.3 is 6.03 Å². The maximum atomic E-state index is 12.0. The van der Waals surface area contributed by atoms with E-state index in [9.17, 15) is 4.79 Å². The number of likely N-dealkylation sites (N-methyl/N-ethyl adjacent to an activating group) is 1. The van der Waals surface area contributed by atoms with E-state index < -0.39 is 0 Å². The Hall–Kier alpha value is -1.75. The van der Waals surface area contributed by atoms with E-state index in [1.54, 1.807) is 4.90 Å². The van der Waals surface area contributed by atoms with Crippen molar-refractivity contribution in [1.82, 2.24) is 15.1 Å². The summed E-state index contributed by atoms with van der Waals surface area (Å²) in [5, 5.41) is 2.99. The van der Waals surface area contributed by atoms with Crippen molar-refractivity contribution < 1.29 is 9.53 Å². The maximum absolute atomic E-state index is 12.0. The first-order chi connectivity index (χ1) is 9.94. The van der Waals surface area contributed by atoms with Crippen LogP contribution in [0.25, 0.3) is 0 Å². The molecule has 1 N–H and O–H groups in total. The SMILES string of the molecule is Cc1ccc(OC2CN(C(=O)N[C@H](C)CN(C)C)C2)cc1. The number of carbonyl (C=O) groups excluding carboxylic acids is 1. The molecule has 1 heterocycles. The number of carbonyl (C=O) groups is 1. The number of aryl methyl sites for hydroxylation is 1. The Morgan fingerprint density at radius 3 is 2.57 bits per heavy atom. The Labute approximate surface area is 126 Å². The average molecular weight is 291 g/mol. The number of nitrogens with one attached hydrogen (secondary N) is 1. The van der Waals surface area contributed by atoms with Crippen molar-refractivity contribution in [2.24, 2.45) is 0 Å². The Morgan fingerprint density at radius 1 is 1.38 bits per heavy atom. The van der Waals surface area contributed by atoms with Gasteiger partial charge in [0.2, 0.25) is 0 Å². The lowest BCUT2D eigenvalue weighted by Crippen LogP contribution is -2.60. The fraction of sp³-hybridized carbons (Fsp3) is 0.562. The van der Waals surface area contributed by atoms with Gasteiger partial charge in [-0.1, -0.05) is 17.7 Å². The minimum Gasteiger partial charge on any atom is -0.487 e. The lowest BCUT2D eigenvalue weighted by molar-refractivity contribution is 0.0433. The van der Waals surface area contributed by atoms with E-state index in [2.05, 4.69) is 10.2 Å². The van der Waals surface area contributed by atoms with Crippen molar-refractivity contribution in [2.45, 2.75) is 26.0 Å². The smallest absolute Gasteiger partial charge is 0.317 e. The highest BCUT2D eigenvalue weighted by Gasteiger charge is 2.32. The highest BCUT2D eigenvalue weighted by Crippen LogP contribution is 2.18. The van der Waals surface area contributed by atoms with Crippen LogP contribution in [0.15, 0.2) is 24.3 Å². The topological polar surface area (TPSA) is 44.8 Å². The van der Waals surface area contributed by atoms with E-state index in [1.165, 1.54) is 5.56 Å². The van der Waals surface area contributed by atoms with Gasteiger partial charge < -0.3 is 19.9 Å². The molecular weight excluding hydrogens is 266 g/mol. The second-order valence-corrected chi connectivity index (χ2v) is 6.07. The van der Waals surface area contributed by atoms with Gasteiger partial charge in [0.25, 0.3) is 0 Å². The van der Waals surface area contributed by atoms with Gasteiger partial charge in [0.1, 0.15) is 11.9 Å². The largest absolute Gasteiger partial charge is 0.487 e. The number of hydrogen-bond donors (Lipinski definition) is 1. The first kappa shape index (κ1) is 15.6. The number of urea groups is 1. The minimum absolute atomic E-state index is 0.00638. The highest BCUT2D eigenvalue weighted by molar-refractivity contribution is 5.75. The molecule has 116 valence electrons. The van der Waals surface area contributed by atoms with Crippen LogP contribution in [0.5, 0.6) is 5.75 Å². The summed E-state index contributed by atoms with van der Waals surface area (Å²) in [6, 6.07) is 8.13. The number of nitrogens with zero attached hydrogens (tertiary/aromatic N) is 2. The molecule has 1 aromatic carbocycles. The lowest BCUT2D eigenvalue weighted by atomic mass is 10.1. The molecule has 1 fully saturated rings. The molecule has 2 rings (SSSR count). The zero-order valence-electron chi connectivity index (χ0n) is 13.3. The number of amides is 2. The van der Waals surface area contributed by atoms with Crippen LogP contribution in [0.2, 0.25) is 0 Å². The zero-order valence-corrected chi connectivity index (χ0v) is 13.3. The molecule has 0 unspecified atom stereocenters. The summed E-state index contributed by atoms with van der Waals surface area (Å²) in [6.07, 6.45) is 0.0996. The molecule has 21 heavy (non-hydrogen) atoms. The Kier molecular flexibility index (Phi) is 5.07. The van der Waals surface area contributed by atoms with E-state index in [-0.39, 0.29) is 18.2 Å². The van der Waals surface area contributed by atoms with Crippen LogP contribution in [0, 0.1) is 6.92 Å². The summed E-state index contributed by atoms with van der Waals surface area (Å²) in [5.74, 6) is 0.867. The van der Waals surface area contributed by atoms with Crippen LogP contribution in [0.4, 0.5) is 4.79 Å². The summed E-state index contributed by atoms with van der Waals surface area (Å²) < 4.78 is 5.83. The first-order valence-electron chi connectivity index (χ1n) is 7.37. The van der Waals surface area contributed by atoms with Crippen molar-refractivity contribution in [1.29, 1.82) is 0 Å². The van der Waals surface area contributed by atoms with Crippen molar-refractivity contribution in [3.05, 3.63) is 29.8 Å². The Balaban J connectivity index is 1.71. The first-order valence-corrected chi connectivity index (χ1v) is 7.37. The molecule has 2 amide bonds. The third-order valence-electron chi connectivity index (χ3n) is 3.47. The predicted octanol–water partition coefficient (Wildman–Crippen LogP) is 1.72. The van der Waals surface area contributed by atoms with Gasteiger partial charge in [-0.3, -0.25) is 0 Å². The van der Waals surface area contributed by atoms with Crippen LogP contribution < -0.4 is 10.1 Å². The monoisotopic (exact) mass is 291 g/mol. The molecule has 0 spiro atoms. The van der Waals surface area contributed by atoms with Gasteiger partial charge in [-0.25, -0.2) is 4.79 Å². The summed E-state index contributed by atoms with van der Waals surface area (Å²) >= 11 is 0. The third-order valence-corrected chi connectivity index (χ3v) is 3.47. The number of benzene rings is 1. The molecule has 0 radical (unpaired) electrons. The fourth-order valence-corrected chi connectivity index (χ4v) is 2.38. The number of ether oxygens (including phenoxy) is 1. The molecular formula is C16H25N3O2. The molecule has 1 saturated heterocycles. The minimum atomic E-state index is -0.00638. The van der Waals surface area contributed by atoms with Crippen LogP contribution in [-0.2, 0) is 0 Å². The molecule has 5 nitrogen and oxygen atoms in total. The molecule has 0 aliphatic carbocycles. The maximum Gasteiger partial charge on any atom is 0.317 e. The van der Waals surface area contributed by atoms with Crippen molar-refractivity contribution in [3.8, 4) is 5.75 Å². The summed E-state index contributed by atoms with van der Waals surface area (Å²) in [6.45, 7) is 6.19. The van der Waals surface area contributed by atoms with Gasteiger partial charge in [0.05, 0.1) is 13.1 Å². The predicted molar refractivity (Wildman–Crippen MR) is 83.7 cm³/mol. The van der Waals surface area contributed by atoms with E-state index in [4.69, 9.17) is 4.74 Å². The average Bonchev–Trinajstić information content (AvgIpc) is 2.34. The van der Waals surface area contributed by atoms with E-state index >= 15 is 0 Å². The lowest BCUT2D eigenvalue weighted by Gasteiger charge is -2.39. The van der Waals surface area contributed by atoms with Crippen molar-refractivity contribution >= 4 is 6.03 Å². The normalized spacial score (nSPS) is 16.5. The number of rotatable bonds is 5. The summed E-state index contributed by atoms with van der Waals surface area (Å²) in [7, 11) is 4.00. The Morgan fingerprint density at radius 2 is 2.00 bits per heavy atom. The highest BCUT2D eigenvalue weighted by atomic mass is 16.5. The summed E-state index contributed by atoms with van der Waals surface area (Å²) in [4.78, 5) is 15.8. The zero-order chi connectivity index (χ0) is 15.4. The molecule has 1 atom stereocenters. The number of hydrogen-bond acceptors (Lipinski definition) is 3. The van der Waals surface area contributed by atoms with Crippen LogP contribution in [0.1, 0.15) is 12.5 Å². The third kappa shape index (κ3) is 4.63. The molecule has 0 aromatic heterocycles. The molecule has 0 bridgehead atoms. The van der Waals surface area contributed by atoms with Crippen LogP contribution >= 0.6 is 0 Å². The fourth-order valence-electron chi connectivity index (χ4n) is 2.38. The molecule has 1 aliphatic heterocycles. The van der Waals surface area contributed by atoms with Crippen molar-refractivity contribution in [2.75, 3.05) is 33.7 Å². The Bertz CT molecular complexity index is 467. The molecule has 1 aromatic rings. The number of likely N-dealkylation sites (tertiary alicyclic amines) is 1. The van der Waals surface area contributed by atoms with Gasteiger partial charge in [-0.15, -0.1) is 0 Å². The van der Waals surface area contributed by atoms with E-state index in [1.807, 2.05) is 52.2 Å². The molecule has 5 heteroatoms. The van der Waals surface area contributed by atoms with Crippen molar-refractivity contribution in [3.63, 3.8) is 0 Å². The molecule has 1 aliphatic rings. The van der Waals surface area contributed by atoms with Crippen LogP contribution in [-0.4, -0.2) is 61.7 Å². The van der Waals surface area contributed by atoms with E-state index in [0.29, 0.717) is 13.1 Å². The molecule has 0 saturated carbocycles. The van der Waals surface area contributed by atoms with Gasteiger partial charge in [-0.2, -0.15) is 0 Å². The second kappa shape index (κ2) is 6.80. The van der Waals surface area contributed by atoms with E-state index in [0.717, 1.165) is 12.3 Å². The second-order valence-electron chi connectivity index (χ2n) is 6.07. The quantitative estimate of drug-likeness (QED) is 0.898. The summed E-state index contributed by atoms with van der Waals surface area (Å²) in [5.41, 5.74) is 1.21. The van der Waals surface area contributed by atoms with Gasteiger partial charge in [0, 0.05) is 12.6 Å². The van der Waals surface area contributed by atoms with Gasteiger partial charge in [-0.05, 0) is 40.1 Å². The standard InChI is InChI=1S/C16H25N3O2/c1-12-5-7-14(8-6-12)21-15-10-19(11-15)16(20)17-13(2)9-18(3)4/h5-8,13,15H,9-11H2,1-4H3,(H,17,20)/t13-/m1/s1. The van der Waals surface area contributed by atoms with Crippen LogP contribution in [0.3, 0.4) is 0 Å². The van der Waals surface area contributed by atoms with Gasteiger partial charge in [0.15, 0.2) is 0 Å².